The number of ether oxygens (including phenoxy) is 2. The van der Waals surface area contributed by atoms with Crippen molar-refractivity contribution in [3.05, 3.63) is 57.6 Å². The summed E-state index contributed by atoms with van der Waals surface area (Å²) in [5, 5.41) is 4.00. The predicted octanol–water partition coefficient (Wildman–Crippen LogP) is 4.19. The normalized spacial score (nSPS) is 14.6. The zero-order valence-electron chi connectivity index (χ0n) is 15.3. The molecule has 144 valence electrons. The number of carbonyl (C=O) groups is 1. The van der Waals surface area contributed by atoms with Crippen LogP contribution < -0.4 is 14.8 Å². The molecular formula is C20H22Cl2N2O3. The van der Waals surface area contributed by atoms with Crippen molar-refractivity contribution in [3.63, 3.8) is 0 Å². The lowest BCUT2D eigenvalue weighted by atomic mass is 10.1. The topological polar surface area (TPSA) is 50.8 Å². The van der Waals surface area contributed by atoms with Crippen LogP contribution in [-0.2, 0) is 0 Å². The van der Waals surface area contributed by atoms with Gasteiger partial charge in [0.15, 0.2) is 11.5 Å². The monoisotopic (exact) mass is 408 g/mol. The number of hydrogen-bond donors (Lipinski definition) is 1. The first kappa shape index (κ1) is 19.8. The van der Waals surface area contributed by atoms with Crippen molar-refractivity contribution in [2.24, 2.45) is 0 Å². The molecule has 1 unspecified atom stereocenters. The molecule has 1 heterocycles. The minimum atomic E-state index is -0.230. The van der Waals surface area contributed by atoms with Gasteiger partial charge in [-0.3, -0.25) is 4.79 Å². The maximum atomic E-state index is 12.7. The van der Waals surface area contributed by atoms with Gasteiger partial charge in [0.05, 0.1) is 24.3 Å². The highest BCUT2D eigenvalue weighted by Crippen LogP contribution is 2.38. The molecule has 0 aromatic heterocycles. The van der Waals surface area contributed by atoms with E-state index in [1.807, 2.05) is 43.3 Å². The number of halogens is 2. The highest BCUT2D eigenvalue weighted by atomic mass is 35.5. The van der Waals surface area contributed by atoms with Gasteiger partial charge in [-0.25, -0.2) is 0 Å². The number of nitrogens with one attached hydrogen (secondary N) is 1. The molecule has 0 fully saturated rings. The van der Waals surface area contributed by atoms with E-state index in [-0.39, 0.29) is 11.9 Å². The summed E-state index contributed by atoms with van der Waals surface area (Å²) in [6.07, 6.45) is 0.773. The van der Waals surface area contributed by atoms with Crippen LogP contribution in [0.4, 0.5) is 0 Å². The van der Waals surface area contributed by atoms with Crippen LogP contribution in [0.5, 0.6) is 11.5 Å². The number of fused-ring (bicyclic) bond motifs is 1. The fraction of sp³-hybridized carbons (Fsp3) is 0.350. The van der Waals surface area contributed by atoms with Crippen molar-refractivity contribution < 1.29 is 14.3 Å². The Hall–Kier alpha value is -1.95. The zero-order valence-corrected chi connectivity index (χ0v) is 16.8. The highest BCUT2D eigenvalue weighted by molar-refractivity contribution is 6.32. The second-order valence-electron chi connectivity index (χ2n) is 6.55. The second-order valence-corrected chi connectivity index (χ2v) is 7.36. The molecule has 1 N–H and O–H groups in total. The molecule has 5 nitrogen and oxygen atoms in total. The number of rotatable bonds is 5. The predicted molar refractivity (Wildman–Crippen MR) is 107 cm³/mol. The molecule has 2 aromatic carbocycles. The van der Waals surface area contributed by atoms with E-state index in [1.54, 1.807) is 12.1 Å². The van der Waals surface area contributed by atoms with E-state index in [2.05, 4.69) is 5.32 Å². The quantitative estimate of drug-likeness (QED) is 0.805. The Balaban J connectivity index is 1.76. The number of carbonyl (C=O) groups excluding carboxylic acids is 1. The summed E-state index contributed by atoms with van der Waals surface area (Å²) in [7, 11) is 3.90. The number of hydrogen-bond acceptors (Lipinski definition) is 4. The van der Waals surface area contributed by atoms with Crippen LogP contribution in [-0.4, -0.2) is 44.7 Å². The smallest absolute Gasteiger partial charge is 0.251 e. The summed E-state index contributed by atoms with van der Waals surface area (Å²) in [6.45, 7) is 1.48. The lowest BCUT2D eigenvalue weighted by Crippen LogP contribution is -2.34. The summed E-state index contributed by atoms with van der Waals surface area (Å²) >= 11 is 12.6. The molecule has 2 aromatic rings. The Labute approximate surface area is 169 Å². The molecule has 0 spiro atoms. The molecule has 1 amide bonds. The molecule has 1 atom stereocenters. The molecule has 1 aliphatic rings. The first-order valence-electron chi connectivity index (χ1n) is 8.75. The average Bonchev–Trinajstić information content (AvgIpc) is 2.88. The lowest BCUT2D eigenvalue weighted by molar-refractivity contribution is 0.0941. The van der Waals surface area contributed by atoms with Gasteiger partial charge in [0.25, 0.3) is 5.91 Å². The van der Waals surface area contributed by atoms with Crippen LogP contribution in [0.15, 0.2) is 36.4 Å². The first-order chi connectivity index (χ1) is 13.0. The maximum absolute atomic E-state index is 12.7. The van der Waals surface area contributed by atoms with Gasteiger partial charge >= 0.3 is 0 Å². The van der Waals surface area contributed by atoms with Gasteiger partial charge in [-0.2, -0.15) is 0 Å². The largest absolute Gasteiger partial charge is 0.489 e. The van der Waals surface area contributed by atoms with Crippen molar-refractivity contribution in [2.75, 3.05) is 33.9 Å². The van der Waals surface area contributed by atoms with E-state index in [0.717, 1.165) is 12.0 Å². The van der Waals surface area contributed by atoms with Crippen LogP contribution in [0.25, 0.3) is 0 Å². The molecule has 7 heteroatoms. The van der Waals surface area contributed by atoms with E-state index in [9.17, 15) is 4.79 Å². The van der Waals surface area contributed by atoms with Crippen molar-refractivity contribution in [1.29, 1.82) is 0 Å². The van der Waals surface area contributed by atoms with Crippen molar-refractivity contribution in [3.8, 4) is 11.5 Å². The fourth-order valence-electron chi connectivity index (χ4n) is 2.97. The molecule has 0 radical (unpaired) electrons. The summed E-state index contributed by atoms with van der Waals surface area (Å²) in [6, 6.07) is 10.8. The number of benzene rings is 2. The van der Waals surface area contributed by atoms with Gasteiger partial charge < -0.3 is 19.7 Å². The summed E-state index contributed by atoms with van der Waals surface area (Å²) < 4.78 is 11.3. The molecule has 0 bridgehead atoms. The zero-order chi connectivity index (χ0) is 19.4. The van der Waals surface area contributed by atoms with Crippen LogP contribution in [0.2, 0.25) is 10.0 Å². The van der Waals surface area contributed by atoms with E-state index in [4.69, 9.17) is 32.7 Å². The first-order valence-corrected chi connectivity index (χ1v) is 9.51. The molecular weight excluding hydrogens is 387 g/mol. The minimum Gasteiger partial charge on any atom is -0.489 e. The van der Waals surface area contributed by atoms with Gasteiger partial charge in [-0.15, -0.1) is 0 Å². The van der Waals surface area contributed by atoms with Gasteiger partial charge in [0.1, 0.15) is 0 Å². The second kappa shape index (κ2) is 8.83. The Morgan fingerprint density at radius 1 is 1.15 bits per heavy atom. The van der Waals surface area contributed by atoms with E-state index < -0.39 is 0 Å². The maximum Gasteiger partial charge on any atom is 0.251 e. The molecule has 0 aliphatic carbocycles. The molecule has 0 saturated heterocycles. The van der Waals surface area contributed by atoms with Crippen LogP contribution >= 0.6 is 23.2 Å². The Kier molecular flexibility index (Phi) is 6.47. The number of likely N-dealkylation sites (N-methyl/N-ethyl adjacent to an activating group) is 1. The summed E-state index contributed by atoms with van der Waals surface area (Å²) in [5.41, 5.74) is 1.39. The number of amides is 1. The third-order valence-corrected chi connectivity index (χ3v) is 5.03. The molecule has 3 rings (SSSR count). The fourth-order valence-corrected chi connectivity index (χ4v) is 3.50. The van der Waals surface area contributed by atoms with E-state index in [1.165, 1.54) is 0 Å². The SMILES string of the molecule is CN(C)C(CNC(=O)c1cc(Cl)c2c(c1)OCCCO2)c1ccccc1Cl. The van der Waals surface area contributed by atoms with Gasteiger partial charge in [-0.05, 0) is 37.9 Å². The Morgan fingerprint density at radius 3 is 2.63 bits per heavy atom. The summed E-state index contributed by atoms with van der Waals surface area (Å²) in [5.74, 6) is 0.764. The highest BCUT2D eigenvalue weighted by Gasteiger charge is 2.21. The molecule has 27 heavy (non-hydrogen) atoms. The average molecular weight is 409 g/mol. The molecule has 1 aliphatic heterocycles. The van der Waals surface area contributed by atoms with Gasteiger partial charge in [0, 0.05) is 23.6 Å². The van der Waals surface area contributed by atoms with Crippen LogP contribution in [0.3, 0.4) is 0 Å². The van der Waals surface area contributed by atoms with Crippen LogP contribution in [0.1, 0.15) is 28.4 Å². The van der Waals surface area contributed by atoms with Gasteiger partial charge in [-0.1, -0.05) is 41.4 Å². The van der Waals surface area contributed by atoms with Crippen molar-refractivity contribution in [1.82, 2.24) is 10.2 Å². The standard InChI is InChI=1S/C20H22Cl2N2O3/c1-24(2)17(14-6-3-4-7-15(14)21)12-23-20(25)13-10-16(22)19-18(11-13)26-8-5-9-27-19/h3-4,6-7,10-11,17H,5,8-9,12H2,1-2H3,(H,23,25). The third-order valence-electron chi connectivity index (χ3n) is 4.41. The third kappa shape index (κ3) is 4.67. The molecule has 0 saturated carbocycles. The summed E-state index contributed by atoms with van der Waals surface area (Å²) in [4.78, 5) is 14.7. The minimum absolute atomic E-state index is 0.0569. The van der Waals surface area contributed by atoms with E-state index >= 15 is 0 Å². The van der Waals surface area contributed by atoms with Crippen LogP contribution in [0, 0.1) is 0 Å². The number of nitrogens with zero attached hydrogens (tertiary/aromatic N) is 1. The Morgan fingerprint density at radius 2 is 1.89 bits per heavy atom. The van der Waals surface area contributed by atoms with Crippen molar-refractivity contribution >= 4 is 29.1 Å². The van der Waals surface area contributed by atoms with Gasteiger partial charge in [0.2, 0.25) is 0 Å². The van der Waals surface area contributed by atoms with Crippen molar-refractivity contribution in [2.45, 2.75) is 12.5 Å². The Bertz CT molecular complexity index is 827. The lowest BCUT2D eigenvalue weighted by Gasteiger charge is -2.26. The van der Waals surface area contributed by atoms with E-state index in [0.29, 0.717) is 46.9 Å².